The van der Waals surface area contributed by atoms with Crippen molar-refractivity contribution in [2.45, 2.75) is 11.8 Å². The Labute approximate surface area is 121 Å². The van der Waals surface area contributed by atoms with Crippen LogP contribution in [0.4, 0.5) is 0 Å². The van der Waals surface area contributed by atoms with E-state index in [1.54, 1.807) is 0 Å². The van der Waals surface area contributed by atoms with Crippen molar-refractivity contribution in [2.24, 2.45) is 0 Å². The van der Waals surface area contributed by atoms with Crippen molar-refractivity contribution >= 4 is 15.9 Å². The van der Waals surface area contributed by atoms with Crippen LogP contribution in [0.3, 0.4) is 0 Å². The summed E-state index contributed by atoms with van der Waals surface area (Å²) < 4.78 is 1.00. The predicted molar refractivity (Wildman–Crippen MR) is 80.1 cm³/mol. The first-order valence-electron chi connectivity index (χ1n) is 6.22. The molecule has 0 amide bonds. The van der Waals surface area contributed by atoms with Crippen molar-refractivity contribution in [1.29, 1.82) is 0 Å². The summed E-state index contributed by atoms with van der Waals surface area (Å²) in [5, 5.41) is 19.6. The van der Waals surface area contributed by atoms with Crippen LogP contribution in [0.2, 0.25) is 0 Å². The maximum Gasteiger partial charge on any atom is 0.0553 e. The fourth-order valence-corrected chi connectivity index (χ4v) is 2.72. The second kappa shape index (κ2) is 6.33. The van der Waals surface area contributed by atoms with Gasteiger partial charge in [0.2, 0.25) is 0 Å². The van der Waals surface area contributed by atoms with Crippen molar-refractivity contribution in [2.75, 3.05) is 13.2 Å². The van der Waals surface area contributed by atoms with Gasteiger partial charge in [0.1, 0.15) is 0 Å². The Morgan fingerprint density at radius 1 is 0.895 bits per heavy atom. The van der Waals surface area contributed by atoms with Crippen molar-refractivity contribution in [3.05, 3.63) is 70.2 Å². The molecule has 0 atom stereocenters. The molecular formula is C16H17BrO2. The first-order chi connectivity index (χ1) is 9.20. The third kappa shape index (κ3) is 3.24. The maximum absolute atomic E-state index is 9.79. The molecule has 0 heterocycles. The number of aliphatic hydroxyl groups excluding tert-OH is 2. The molecule has 100 valence electrons. The summed E-state index contributed by atoms with van der Waals surface area (Å²) in [6, 6.07) is 17.6. The highest BCUT2D eigenvalue weighted by Gasteiger charge is 2.31. The minimum absolute atomic E-state index is 0.0833. The van der Waals surface area contributed by atoms with E-state index < -0.39 is 5.41 Å². The lowest BCUT2D eigenvalue weighted by Gasteiger charge is -2.30. The summed E-state index contributed by atoms with van der Waals surface area (Å²) in [6.07, 6.45) is 0.601. The molecule has 0 aromatic heterocycles. The van der Waals surface area contributed by atoms with Gasteiger partial charge in [0.15, 0.2) is 0 Å². The first kappa shape index (κ1) is 14.3. The molecule has 3 heteroatoms. The number of hydrogen-bond acceptors (Lipinski definition) is 2. The maximum atomic E-state index is 9.79. The van der Waals surface area contributed by atoms with E-state index in [2.05, 4.69) is 15.9 Å². The van der Waals surface area contributed by atoms with Crippen LogP contribution in [0.1, 0.15) is 11.1 Å². The van der Waals surface area contributed by atoms with Crippen LogP contribution in [0.15, 0.2) is 59.1 Å². The monoisotopic (exact) mass is 320 g/mol. The van der Waals surface area contributed by atoms with Gasteiger partial charge in [-0.2, -0.15) is 0 Å². The zero-order valence-electron chi connectivity index (χ0n) is 10.6. The van der Waals surface area contributed by atoms with Crippen LogP contribution < -0.4 is 0 Å². The Bertz CT molecular complexity index is 521. The number of halogens is 1. The predicted octanol–water partition coefficient (Wildman–Crippen LogP) is 2.91. The van der Waals surface area contributed by atoms with Gasteiger partial charge in [-0.05, 0) is 29.7 Å². The Hall–Kier alpha value is -1.16. The van der Waals surface area contributed by atoms with E-state index >= 15 is 0 Å². The summed E-state index contributed by atoms with van der Waals surface area (Å²) >= 11 is 3.44. The van der Waals surface area contributed by atoms with Gasteiger partial charge in [0.25, 0.3) is 0 Å². The van der Waals surface area contributed by atoms with Crippen LogP contribution in [0.5, 0.6) is 0 Å². The van der Waals surface area contributed by atoms with Crippen LogP contribution in [0.25, 0.3) is 0 Å². The van der Waals surface area contributed by atoms with Crippen LogP contribution in [-0.2, 0) is 11.8 Å². The molecule has 0 saturated heterocycles. The topological polar surface area (TPSA) is 40.5 Å². The molecule has 0 aliphatic rings. The van der Waals surface area contributed by atoms with E-state index in [-0.39, 0.29) is 13.2 Å². The highest BCUT2D eigenvalue weighted by atomic mass is 79.9. The average Bonchev–Trinajstić information content (AvgIpc) is 2.46. The zero-order valence-corrected chi connectivity index (χ0v) is 12.2. The fourth-order valence-electron chi connectivity index (χ4n) is 2.28. The molecule has 0 bridgehead atoms. The molecule has 0 unspecified atom stereocenters. The molecule has 2 aromatic rings. The smallest absolute Gasteiger partial charge is 0.0553 e. The lowest BCUT2D eigenvalue weighted by molar-refractivity contribution is 0.116. The molecule has 0 aliphatic heterocycles. The quantitative estimate of drug-likeness (QED) is 0.889. The lowest BCUT2D eigenvalue weighted by Crippen LogP contribution is -2.37. The van der Waals surface area contributed by atoms with E-state index in [0.29, 0.717) is 6.42 Å². The van der Waals surface area contributed by atoms with Crippen molar-refractivity contribution < 1.29 is 10.2 Å². The summed E-state index contributed by atoms with van der Waals surface area (Å²) in [6.45, 7) is -0.167. The minimum Gasteiger partial charge on any atom is -0.395 e. The van der Waals surface area contributed by atoms with Crippen LogP contribution in [0, 0.1) is 0 Å². The molecule has 2 aromatic carbocycles. The van der Waals surface area contributed by atoms with Crippen molar-refractivity contribution in [3.63, 3.8) is 0 Å². The number of rotatable bonds is 5. The van der Waals surface area contributed by atoms with Gasteiger partial charge >= 0.3 is 0 Å². The van der Waals surface area contributed by atoms with E-state index in [1.165, 1.54) is 0 Å². The summed E-state index contributed by atoms with van der Waals surface area (Å²) in [7, 11) is 0. The van der Waals surface area contributed by atoms with Gasteiger partial charge in [-0.25, -0.2) is 0 Å². The molecule has 0 spiro atoms. The normalized spacial score (nSPS) is 11.5. The molecular weight excluding hydrogens is 304 g/mol. The first-order valence-corrected chi connectivity index (χ1v) is 7.01. The second-order valence-corrected chi connectivity index (χ2v) is 5.68. The van der Waals surface area contributed by atoms with Gasteiger partial charge in [0, 0.05) is 9.89 Å². The van der Waals surface area contributed by atoms with Gasteiger partial charge in [-0.3, -0.25) is 0 Å². The highest BCUT2D eigenvalue weighted by molar-refractivity contribution is 9.10. The van der Waals surface area contributed by atoms with Crippen molar-refractivity contribution in [3.8, 4) is 0 Å². The Kier molecular flexibility index (Phi) is 4.75. The third-order valence-electron chi connectivity index (χ3n) is 3.42. The summed E-state index contributed by atoms with van der Waals surface area (Å²) in [5.74, 6) is 0. The van der Waals surface area contributed by atoms with E-state index in [0.717, 1.165) is 15.6 Å². The third-order valence-corrected chi connectivity index (χ3v) is 3.92. The van der Waals surface area contributed by atoms with Gasteiger partial charge < -0.3 is 10.2 Å². The average molecular weight is 321 g/mol. The van der Waals surface area contributed by atoms with Gasteiger partial charge in [-0.1, -0.05) is 58.4 Å². The molecule has 2 nitrogen and oxygen atoms in total. The number of aliphatic hydroxyl groups is 2. The molecule has 2 N–H and O–H groups in total. The molecule has 19 heavy (non-hydrogen) atoms. The summed E-state index contributed by atoms with van der Waals surface area (Å²) in [5.41, 5.74) is 1.41. The minimum atomic E-state index is -0.637. The molecule has 2 rings (SSSR count). The largest absolute Gasteiger partial charge is 0.395 e. The Morgan fingerprint density at radius 2 is 1.58 bits per heavy atom. The number of benzene rings is 2. The van der Waals surface area contributed by atoms with E-state index in [9.17, 15) is 10.2 Å². The lowest BCUT2D eigenvalue weighted by atomic mass is 9.77. The van der Waals surface area contributed by atoms with E-state index in [4.69, 9.17) is 0 Å². The SMILES string of the molecule is OCC(CO)(Cc1cccc(Br)c1)c1ccccc1. The molecule has 0 aliphatic carbocycles. The Morgan fingerprint density at radius 3 is 2.16 bits per heavy atom. The fraction of sp³-hybridized carbons (Fsp3) is 0.250. The van der Waals surface area contributed by atoms with Gasteiger partial charge in [-0.15, -0.1) is 0 Å². The van der Waals surface area contributed by atoms with Crippen LogP contribution >= 0.6 is 15.9 Å². The number of hydrogen-bond donors (Lipinski definition) is 2. The van der Waals surface area contributed by atoms with E-state index in [1.807, 2.05) is 54.6 Å². The van der Waals surface area contributed by atoms with Crippen LogP contribution in [-0.4, -0.2) is 23.4 Å². The van der Waals surface area contributed by atoms with Crippen molar-refractivity contribution in [1.82, 2.24) is 0 Å². The molecule has 0 fully saturated rings. The Balaban J connectivity index is 2.35. The molecule has 0 radical (unpaired) electrons. The standard InChI is InChI=1S/C16H17BrO2/c17-15-8-4-5-13(9-15)10-16(11-18,12-19)14-6-2-1-3-7-14/h1-9,18-19H,10-12H2. The van der Waals surface area contributed by atoms with Gasteiger partial charge in [0.05, 0.1) is 13.2 Å². The second-order valence-electron chi connectivity index (χ2n) is 4.77. The zero-order chi connectivity index (χ0) is 13.7. The molecule has 0 saturated carbocycles. The summed E-state index contributed by atoms with van der Waals surface area (Å²) in [4.78, 5) is 0. The highest BCUT2D eigenvalue weighted by Crippen LogP contribution is 2.28.